The van der Waals surface area contributed by atoms with Crippen molar-refractivity contribution >= 4 is 39.1 Å². The number of ketones is 1. The normalized spacial score (nSPS) is 12.3. The fourth-order valence-corrected chi connectivity index (χ4v) is 3.92. The first-order chi connectivity index (χ1) is 12.6. The number of Topliss-reactive ketones (excluding diaryl/α,β-unsaturated/α-hetero) is 1. The van der Waals surface area contributed by atoms with Gasteiger partial charge < -0.3 is 10.1 Å². The Bertz CT molecular complexity index is 888. The van der Waals surface area contributed by atoms with Crippen molar-refractivity contribution in [1.82, 2.24) is 4.31 Å². The van der Waals surface area contributed by atoms with E-state index in [1.54, 1.807) is 19.9 Å². The molecule has 0 radical (unpaired) electrons. The Kier molecular flexibility index (Phi) is 8.09. The molecule has 1 rings (SSSR count). The van der Waals surface area contributed by atoms with Crippen LogP contribution in [-0.2, 0) is 19.6 Å². The molecule has 146 valence electrons. The van der Waals surface area contributed by atoms with Crippen molar-refractivity contribution in [2.45, 2.75) is 25.7 Å². The van der Waals surface area contributed by atoms with Crippen molar-refractivity contribution in [3.8, 4) is 6.07 Å². The topological polar surface area (TPSA) is 128 Å². The average Bonchev–Trinajstić information content (AvgIpc) is 2.60. The summed E-state index contributed by atoms with van der Waals surface area (Å²) in [6.07, 6.45) is 0. The number of sulfonamides is 1. The molecule has 10 heteroatoms. The van der Waals surface area contributed by atoms with Crippen LogP contribution in [0, 0.1) is 22.7 Å². The molecule has 8 nitrogen and oxygen atoms in total. The van der Waals surface area contributed by atoms with E-state index in [0.29, 0.717) is 0 Å². The lowest BCUT2D eigenvalue weighted by Gasteiger charge is -2.19. The molecule has 0 aliphatic rings. The minimum Gasteiger partial charge on any atom is -0.454 e. The lowest BCUT2D eigenvalue weighted by molar-refractivity contribution is -0.122. The zero-order valence-electron chi connectivity index (χ0n) is 15.2. The second-order valence-electron chi connectivity index (χ2n) is 5.52. The van der Waals surface area contributed by atoms with Gasteiger partial charge in [0.2, 0.25) is 10.0 Å². The first-order valence-electron chi connectivity index (χ1n) is 8.04. The monoisotopic (exact) mass is 413 g/mol. The summed E-state index contributed by atoms with van der Waals surface area (Å²) in [5, 5.41) is 16.2. The second-order valence-corrected chi connectivity index (χ2v) is 7.86. The number of carbonyl (C=O) groups is 2. The van der Waals surface area contributed by atoms with Gasteiger partial charge in [0.25, 0.3) is 0 Å². The maximum Gasteiger partial charge on any atom is 0.340 e. The fourth-order valence-electron chi connectivity index (χ4n) is 2.24. The van der Waals surface area contributed by atoms with Crippen molar-refractivity contribution in [2.75, 3.05) is 19.7 Å². The summed E-state index contributed by atoms with van der Waals surface area (Å²) in [6.45, 7) is 4.47. The van der Waals surface area contributed by atoms with E-state index in [0.717, 1.165) is 6.07 Å². The van der Waals surface area contributed by atoms with Crippen molar-refractivity contribution < 1.29 is 22.7 Å². The highest BCUT2D eigenvalue weighted by Gasteiger charge is 2.26. The fraction of sp³-hybridized carbons (Fsp3) is 0.412. The Labute approximate surface area is 163 Å². The van der Waals surface area contributed by atoms with E-state index in [-0.39, 0.29) is 34.3 Å². The molecule has 0 fully saturated rings. The number of ether oxygens (including phenoxy) is 1. The van der Waals surface area contributed by atoms with Crippen LogP contribution in [0.4, 0.5) is 0 Å². The van der Waals surface area contributed by atoms with Crippen LogP contribution in [-0.4, -0.2) is 49.9 Å². The molecule has 1 N–H and O–H groups in total. The molecule has 0 saturated heterocycles. The van der Waals surface area contributed by atoms with Crippen LogP contribution in [0.2, 0.25) is 5.02 Å². The molecule has 27 heavy (non-hydrogen) atoms. The highest BCUT2D eigenvalue weighted by atomic mass is 35.5. The van der Waals surface area contributed by atoms with E-state index in [1.807, 2.05) is 0 Å². The Balaban J connectivity index is 3.07. The number of hydrogen-bond donors (Lipinski definition) is 1. The minimum absolute atomic E-state index is 0.0361. The number of halogens is 1. The predicted molar refractivity (Wildman–Crippen MR) is 99.4 cm³/mol. The zero-order chi connectivity index (χ0) is 20.8. The molecular weight excluding hydrogens is 394 g/mol. The van der Waals surface area contributed by atoms with E-state index >= 15 is 0 Å². The van der Waals surface area contributed by atoms with Gasteiger partial charge in [-0.1, -0.05) is 25.4 Å². The van der Waals surface area contributed by atoms with Crippen LogP contribution in [0.5, 0.6) is 0 Å². The van der Waals surface area contributed by atoms with E-state index in [9.17, 15) is 18.0 Å². The van der Waals surface area contributed by atoms with Crippen LogP contribution < -0.4 is 0 Å². The molecule has 0 unspecified atom stereocenters. The summed E-state index contributed by atoms with van der Waals surface area (Å²) in [4.78, 5) is 24.0. The Morgan fingerprint density at radius 2 is 1.93 bits per heavy atom. The first kappa shape index (κ1) is 22.8. The van der Waals surface area contributed by atoms with E-state index < -0.39 is 34.3 Å². The molecule has 1 aromatic rings. The molecular formula is C17H20ClN3O5S. The van der Waals surface area contributed by atoms with Crippen LogP contribution in [0.15, 0.2) is 23.1 Å². The van der Waals surface area contributed by atoms with Crippen LogP contribution in [0.25, 0.3) is 0 Å². The van der Waals surface area contributed by atoms with Crippen LogP contribution >= 0.6 is 11.6 Å². The zero-order valence-corrected chi connectivity index (χ0v) is 16.7. The van der Waals surface area contributed by atoms with Crippen molar-refractivity contribution in [3.05, 3.63) is 28.8 Å². The largest absolute Gasteiger partial charge is 0.454 e. The molecule has 0 saturated carbocycles. The number of rotatable bonds is 9. The molecule has 0 heterocycles. The maximum absolute atomic E-state index is 12.6. The van der Waals surface area contributed by atoms with Gasteiger partial charge in [0.05, 0.1) is 21.6 Å². The van der Waals surface area contributed by atoms with Crippen molar-refractivity contribution in [1.29, 1.82) is 10.7 Å². The van der Waals surface area contributed by atoms with Gasteiger partial charge in [0.1, 0.15) is 5.92 Å². The SMILES string of the molecule is CCN(CC)S(=O)(=O)c1ccc(Cl)c(C(=O)OCC(=O)[C@@H](C#N)C(C)=N)c1. The number of nitrogens with zero attached hydrogens (tertiary/aromatic N) is 2. The third-order valence-electron chi connectivity index (χ3n) is 3.73. The molecule has 0 amide bonds. The highest BCUT2D eigenvalue weighted by molar-refractivity contribution is 7.89. The first-order valence-corrected chi connectivity index (χ1v) is 9.86. The Morgan fingerprint density at radius 1 is 1.33 bits per heavy atom. The number of carbonyl (C=O) groups excluding carboxylic acids is 2. The predicted octanol–water partition coefficient (Wildman–Crippen LogP) is 2.28. The van der Waals surface area contributed by atoms with E-state index in [4.69, 9.17) is 27.0 Å². The minimum atomic E-state index is -3.81. The number of nitrogens with one attached hydrogen (secondary N) is 1. The Hall–Kier alpha value is -2.28. The summed E-state index contributed by atoms with van der Waals surface area (Å²) in [7, 11) is -3.81. The van der Waals surface area contributed by atoms with Crippen LogP contribution in [0.3, 0.4) is 0 Å². The number of benzene rings is 1. The number of hydrogen-bond acceptors (Lipinski definition) is 7. The summed E-state index contributed by atoms with van der Waals surface area (Å²) in [5.41, 5.74) is -0.373. The van der Waals surface area contributed by atoms with Crippen molar-refractivity contribution in [2.24, 2.45) is 5.92 Å². The van der Waals surface area contributed by atoms with Gasteiger partial charge in [-0.15, -0.1) is 0 Å². The second kappa shape index (κ2) is 9.60. The van der Waals surface area contributed by atoms with Crippen molar-refractivity contribution in [3.63, 3.8) is 0 Å². The third-order valence-corrected chi connectivity index (χ3v) is 6.11. The molecule has 1 aromatic carbocycles. The van der Waals surface area contributed by atoms with E-state index in [1.165, 1.54) is 23.4 Å². The van der Waals surface area contributed by atoms with Gasteiger partial charge in [0.15, 0.2) is 12.4 Å². The molecule has 0 spiro atoms. The molecule has 0 bridgehead atoms. The standard InChI is InChI=1S/C17H20ClN3O5S/c1-4-21(5-2)27(24,25)12-6-7-15(18)13(8-12)17(23)26-10-16(22)14(9-19)11(3)20/h6-8,14,20H,4-5,10H2,1-3H3/t14-/m0/s1. The quantitative estimate of drug-likeness (QED) is 0.488. The maximum atomic E-state index is 12.6. The van der Waals surface area contributed by atoms with Gasteiger partial charge in [-0.25, -0.2) is 13.2 Å². The summed E-state index contributed by atoms with van der Waals surface area (Å²) in [6, 6.07) is 5.28. The average molecular weight is 414 g/mol. The lowest BCUT2D eigenvalue weighted by atomic mass is 10.0. The molecule has 0 aliphatic carbocycles. The van der Waals surface area contributed by atoms with Crippen LogP contribution in [0.1, 0.15) is 31.1 Å². The third kappa shape index (κ3) is 5.35. The van der Waals surface area contributed by atoms with Gasteiger partial charge in [0, 0.05) is 18.8 Å². The summed E-state index contributed by atoms with van der Waals surface area (Å²) >= 11 is 5.96. The van der Waals surface area contributed by atoms with Gasteiger partial charge in [-0.3, -0.25) is 4.79 Å². The molecule has 0 aliphatic heterocycles. The molecule has 1 atom stereocenters. The van der Waals surface area contributed by atoms with Gasteiger partial charge >= 0.3 is 5.97 Å². The summed E-state index contributed by atoms with van der Waals surface area (Å²) in [5.74, 6) is -3.05. The number of nitriles is 1. The Morgan fingerprint density at radius 3 is 2.41 bits per heavy atom. The number of esters is 1. The van der Waals surface area contributed by atoms with Gasteiger partial charge in [-0.2, -0.15) is 9.57 Å². The van der Waals surface area contributed by atoms with E-state index in [2.05, 4.69) is 0 Å². The lowest BCUT2D eigenvalue weighted by Crippen LogP contribution is -2.30. The summed E-state index contributed by atoms with van der Waals surface area (Å²) < 4.78 is 31.2. The molecule has 0 aromatic heterocycles. The smallest absolute Gasteiger partial charge is 0.340 e. The van der Waals surface area contributed by atoms with Gasteiger partial charge in [-0.05, 0) is 25.1 Å². The highest BCUT2D eigenvalue weighted by Crippen LogP contribution is 2.23.